The van der Waals surface area contributed by atoms with E-state index in [4.69, 9.17) is 4.74 Å². The first-order valence-electron chi connectivity index (χ1n) is 9.62. The van der Waals surface area contributed by atoms with Crippen molar-refractivity contribution in [2.75, 3.05) is 5.32 Å². The quantitative estimate of drug-likeness (QED) is 0.106. The number of rotatable bonds is 7. The van der Waals surface area contributed by atoms with E-state index in [9.17, 15) is 20.2 Å². The fourth-order valence-electron chi connectivity index (χ4n) is 2.89. The Morgan fingerprint density at radius 1 is 1.15 bits per heavy atom. The molecule has 1 N–H and O–H groups in total. The Bertz CT molecular complexity index is 1260. The molecule has 9 heteroatoms. The lowest BCUT2D eigenvalue weighted by atomic mass is 10.1. The van der Waals surface area contributed by atoms with Crippen molar-refractivity contribution in [3.8, 4) is 11.8 Å². The fraction of sp³-hybridized carbons (Fsp3) is 0.0833. The molecular formula is C24H17I2N3O4. The van der Waals surface area contributed by atoms with Gasteiger partial charge in [-0.3, -0.25) is 14.9 Å². The number of hydrogen-bond donors (Lipinski definition) is 1. The second-order valence-electron chi connectivity index (χ2n) is 6.97. The van der Waals surface area contributed by atoms with Gasteiger partial charge < -0.3 is 10.1 Å². The lowest BCUT2D eigenvalue weighted by molar-refractivity contribution is -0.384. The first-order valence-corrected chi connectivity index (χ1v) is 11.8. The monoisotopic (exact) mass is 665 g/mol. The molecule has 1 amide bonds. The maximum Gasteiger partial charge on any atom is 0.271 e. The van der Waals surface area contributed by atoms with Gasteiger partial charge in [-0.1, -0.05) is 36.4 Å². The van der Waals surface area contributed by atoms with Gasteiger partial charge in [0.15, 0.2) is 0 Å². The molecule has 0 aliphatic carbocycles. The van der Waals surface area contributed by atoms with Crippen LogP contribution in [0, 0.1) is 35.5 Å². The summed E-state index contributed by atoms with van der Waals surface area (Å²) in [5.41, 5.74) is 2.38. The van der Waals surface area contributed by atoms with Crippen LogP contribution in [0.2, 0.25) is 0 Å². The smallest absolute Gasteiger partial charge is 0.271 e. The molecule has 3 aromatic carbocycles. The molecule has 0 saturated heterocycles. The Balaban J connectivity index is 1.80. The van der Waals surface area contributed by atoms with Gasteiger partial charge in [-0.15, -0.1) is 0 Å². The SMILES string of the molecule is Cc1ccc([N+](=O)[O-])cc1NC(=O)/C(C#N)=C/c1cc(I)c(OCc2ccccc2)c(I)c1. The van der Waals surface area contributed by atoms with Crippen molar-refractivity contribution in [1.29, 1.82) is 5.26 Å². The zero-order valence-corrected chi connectivity index (χ0v) is 21.7. The van der Waals surface area contributed by atoms with E-state index in [0.29, 0.717) is 17.7 Å². The molecular weight excluding hydrogens is 648 g/mol. The number of halogens is 2. The number of nitrogens with zero attached hydrogens (tertiary/aromatic N) is 2. The summed E-state index contributed by atoms with van der Waals surface area (Å²) < 4.78 is 7.66. The van der Waals surface area contributed by atoms with E-state index in [0.717, 1.165) is 18.5 Å². The van der Waals surface area contributed by atoms with Crippen LogP contribution in [0.4, 0.5) is 11.4 Å². The topological polar surface area (TPSA) is 105 Å². The van der Waals surface area contributed by atoms with Crippen molar-refractivity contribution >= 4 is 68.5 Å². The minimum atomic E-state index is -0.643. The summed E-state index contributed by atoms with van der Waals surface area (Å²) in [6, 6.07) is 19.5. The number of anilines is 1. The number of nitriles is 1. The zero-order valence-electron chi connectivity index (χ0n) is 17.3. The standard InChI is InChI=1S/C24H17I2N3O4/c1-15-7-8-19(29(31)32)12-22(15)28-24(30)18(13-27)9-17-10-20(25)23(21(26)11-17)33-14-16-5-3-2-4-6-16/h2-12H,14H2,1H3,(H,28,30)/b18-9+. The highest BCUT2D eigenvalue weighted by molar-refractivity contribution is 14.1. The summed E-state index contributed by atoms with van der Waals surface area (Å²) in [5.74, 6) is 0.0860. The number of carbonyl (C=O) groups is 1. The van der Waals surface area contributed by atoms with E-state index in [-0.39, 0.29) is 16.9 Å². The molecule has 0 bridgehead atoms. The average Bonchev–Trinajstić information content (AvgIpc) is 2.78. The largest absolute Gasteiger partial charge is 0.487 e. The predicted molar refractivity (Wildman–Crippen MR) is 143 cm³/mol. The van der Waals surface area contributed by atoms with Crippen LogP contribution in [0.15, 0.2) is 66.2 Å². The van der Waals surface area contributed by atoms with Gasteiger partial charge in [-0.2, -0.15) is 5.26 Å². The molecule has 0 heterocycles. The molecule has 0 aliphatic heterocycles. The van der Waals surface area contributed by atoms with Crippen molar-refractivity contribution < 1.29 is 14.5 Å². The predicted octanol–water partition coefficient (Wildman–Crippen LogP) is 6.24. The molecule has 7 nitrogen and oxygen atoms in total. The van der Waals surface area contributed by atoms with Crippen LogP contribution in [-0.4, -0.2) is 10.8 Å². The number of ether oxygens (including phenoxy) is 1. The van der Waals surface area contributed by atoms with Crippen LogP contribution < -0.4 is 10.1 Å². The van der Waals surface area contributed by atoms with Gasteiger partial charge in [0.2, 0.25) is 0 Å². The Hall–Kier alpha value is -2.98. The zero-order chi connectivity index (χ0) is 24.0. The maximum atomic E-state index is 12.7. The van der Waals surface area contributed by atoms with Crippen molar-refractivity contribution in [2.45, 2.75) is 13.5 Å². The minimum absolute atomic E-state index is 0.120. The number of nitro benzene ring substituents is 1. The highest BCUT2D eigenvalue weighted by Gasteiger charge is 2.15. The number of amides is 1. The van der Waals surface area contributed by atoms with Crippen molar-refractivity contribution in [3.63, 3.8) is 0 Å². The Kier molecular flexibility index (Phi) is 8.40. The van der Waals surface area contributed by atoms with Crippen LogP contribution in [-0.2, 0) is 11.4 Å². The lowest BCUT2D eigenvalue weighted by Gasteiger charge is -2.12. The minimum Gasteiger partial charge on any atom is -0.487 e. The molecule has 0 unspecified atom stereocenters. The number of non-ortho nitro benzene ring substituents is 1. The number of aryl methyl sites for hydroxylation is 1. The van der Waals surface area contributed by atoms with Crippen molar-refractivity contribution in [3.05, 3.63) is 100 Å². The number of carbonyl (C=O) groups excluding carboxylic acids is 1. The van der Waals surface area contributed by atoms with Crippen molar-refractivity contribution in [2.24, 2.45) is 0 Å². The fourth-order valence-corrected chi connectivity index (χ4v) is 5.02. The normalized spacial score (nSPS) is 10.9. The second-order valence-corrected chi connectivity index (χ2v) is 9.29. The summed E-state index contributed by atoms with van der Waals surface area (Å²) in [4.78, 5) is 23.2. The summed E-state index contributed by atoms with van der Waals surface area (Å²) in [5, 5.41) is 23.1. The van der Waals surface area contributed by atoms with Gasteiger partial charge in [-0.05, 0) is 87.0 Å². The molecule has 0 aromatic heterocycles. The van der Waals surface area contributed by atoms with E-state index in [1.807, 2.05) is 48.5 Å². The summed E-state index contributed by atoms with van der Waals surface area (Å²) >= 11 is 4.31. The molecule has 0 spiro atoms. The Morgan fingerprint density at radius 3 is 2.42 bits per heavy atom. The Labute approximate surface area is 217 Å². The second kappa shape index (κ2) is 11.2. The van der Waals surface area contributed by atoms with Gasteiger partial charge in [0, 0.05) is 12.1 Å². The Morgan fingerprint density at radius 2 is 1.82 bits per heavy atom. The molecule has 33 heavy (non-hydrogen) atoms. The van der Waals surface area contributed by atoms with E-state index >= 15 is 0 Å². The van der Waals surface area contributed by atoms with Crippen LogP contribution >= 0.6 is 45.2 Å². The highest BCUT2D eigenvalue weighted by atomic mass is 127. The van der Waals surface area contributed by atoms with Gasteiger partial charge in [0.25, 0.3) is 11.6 Å². The molecule has 0 saturated carbocycles. The molecule has 3 aromatic rings. The summed E-state index contributed by atoms with van der Waals surface area (Å²) in [6.45, 7) is 2.14. The van der Waals surface area contributed by atoms with E-state index in [1.54, 1.807) is 13.0 Å². The maximum absolute atomic E-state index is 12.7. The third-order valence-electron chi connectivity index (χ3n) is 4.60. The number of benzene rings is 3. The first-order chi connectivity index (χ1) is 15.8. The molecule has 0 radical (unpaired) electrons. The van der Waals surface area contributed by atoms with E-state index in [1.165, 1.54) is 18.2 Å². The first kappa shape index (κ1) is 24.7. The van der Waals surface area contributed by atoms with Crippen LogP contribution in [0.25, 0.3) is 6.08 Å². The number of hydrogen-bond acceptors (Lipinski definition) is 5. The third kappa shape index (κ3) is 6.52. The third-order valence-corrected chi connectivity index (χ3v) is 6.21. The lowest BCUT2D eigenvalue weighted by Crippen LogP contribution is -2.14. The molecule has 0 fully saturated rings. The molecule has 0 aliphatic rings. The van der Waals surface area contributed by atoms with Crippen molar-refractivity contribution in [1.82, 2.24) is 0 Å². The van der Waals surface area contributed by atoms with E-state index < -0.39 is 10.8 Å². The van der Waals surface area contributed by atoms with Gasteiger partial charge in [0.1, 0.15) is 24.0 Å². The molecule has 166 valence electrons. The number of nitro groups is 1. The highest BCUT2D eigenvalue weighted by Crippen LogP contribution is 2.31. The van der Waals surface area contributed by atoms with E-state index in [2.05, 4.69) is 50.5 Å². The van der Waals surface area contributed by atoms with Crippen LogP contribution in [0.5, 0.6) is 5.75 Å². The number of nitrogens with one attached hydrogen (secondary N) is 1. The van der Waals surface area contributed by atoms with Crippen LogP contribution in [0.3, 0.4) is 0 Å². The van der Waals surface area contributed by atoms with Gasteiger partial charge >= 0.3 is 0 Å². The average molecular weight is 665 g/mol. The summed E-state index contributed by atoms with van der Waals surface area (Å²) in [6.07, 6.45) is 1.48. The molecule has 0 atom stereocenters. The van der Waals surface area contributed by atoms with Crippen LogP contribution in [0.1, 0.15) is 16.7 Å². The van der Waals surface area contributed by atoms with Gasteiger partial charge in [0.05, 0.1) is 17.8 Å². The molecule has 3 rings (SSSR count). The summed E-state index contributed by atoms with van der Waals surface area (Å²) in [7, 11) is 0. The van der Waals surface area contributed by atoms with Gasteiger partial charge in [-0.25, -0.2) is 0 Å².